The summed E-state index contributed by atoms with van der Waals surface area (Å²) in [5.74, 6) is 3.19. The first-order valence-electron chi connectivity index (χ1n) is 5.76. The summed E-state index contributed by atoms with van der Waals surface area (Å²) in [4.78, 5) is 0. The second-order valence-electron chi connectivity index (χ2n) is 4.19. The predicted molar refractivity (Wildman–Crippen MR) is 66.9 cm³/mol. The molecule has 0 saturated heterocycles. The van der Waals surface area contributed by atoms with E-state index in [1.165, 1.54) is 31.4 Å². The quantitative estimate of drug-likeness (QED) is 0.537. The van der Waals surface area contributed by atoms with E-state index in [1.807, 2.05) is 17.8 Å². The lowest BCUT2D eigenvalue weighted by Crippen LogP contribution is -2.38. The third kappa shape index (κ3) is 4.52. The zero-order valence-electron chi connectivity index (χ0n) is 9.30. The maximum Gasteiger partial charge on any atom is 0.0111 e. The molecule has 2 unspecified atom stereocenters. The molecule has 0 amide bonds. The third-order valence-corrected chi connectivity index (χ3v) is 3.96. The van der Waals surface area contributed by atoms with Gasteiger partial charge in [0, 0.05) is 24.1 Å². The zero-order valence-corrected chi connectivity index (χ0v) is 10.1. The van der Waals surface area contributed by atoms with Crippen LogP contribution in [0.1, 0.15) is 32.6 Å². The predicted octanol–water partition coefficient (Wildman–Crippen LogP) is 3.07. The largest absolute Gasteiger partial charge is 0.313 e. The smallest absolute Gasteiger partial charge is 0.0111 e. The van der Waals surface area contributed by atoms with Crippen LogP contribution in [0.3, 0.4) is 0 Å². The van der Waals surface area contributed by atoms with E-state index in [2.05, 4.69) is 18.8 Å². The van der Waals surface area contributed by atoms with E-state index in [1.54, 1.807) is 0 Å². The first kappa shape index (κ1) is 12.1. The maximum absolute atomic E-state index is 3.72. The lowest BCUT2D eigenvalue weighted by atomic mass is 9.86. The molecule has 0 spiro atoms. The van der Waals surface area contributed by atoms with Crippen molar-refractivity contribution in [3.05, 3.63) is 12.7 Å². The second kappa shape index (κ2) is 7.36. The molecule has 1 N–H and O–H groups in total. The van der Waals surface area contributed by atoms with Gasteiger partial charge < -0.3 is 5.32 Å². The lowest BCUT2D eigenvalue weighted by Gasteiger charge is -2.29. The van der Waals surface area contributed by atoms with Crippen LogP contribution in [0.4, 0.5) is 0 Å². The van der Waals surface area contributed by atoms with Crippen molar-refractivity contribution in [1.29, 1.82) is 0 Å². The average molecular weight is 213 g/mol. The van der Waals surface area contributed by atoms with Crippen molar-refractivity contribution in [2.75, 3.05) is 18.1 Å². The van der Waals surface area contributed by atoms with E-state index in [9.17, 15) is 0 Å². The summed E-state index contributed by atoms with van der Waals surface area (Å²) in [5.41, 5.74) is 0. The van der Waals surface area contributed by atoms with E-state index >= 15 is 0 Å². The highest BCUT2D eigenvalue weighted by Gasteiger charge is 2.19. The summed E-state index contributed by atoms with van der Waals surface area (Å²) in [7, 11) is 0. The molecule has 1 aliphatic carbocycles. The minimum atomic E-state index is 0.785. The zero-order chi connectivity index (χ0) is 10.2. The highest BCUT2D eigenvalue weighted by molar-refractivity contribution is 7.99. The Bertz CT molecular complexity index is 158. The van der Waals surface area contributed by atoms with Crippen molar-refractivity contribution in [1.82, 2.24) is 5.32 Å². The van der Waals surface area contributed by atoms with Crippen LogP contribution in [0.25, 0.3) is 0 Å². The summed E-state index contributed by atoms with van der Waals surface area (Å²) in [6, 6.07) is 0.785. The van der Waals surface area contributed by atoms with Crippen LogP contribution in [0.2, 0.25) is 0 Å². The van der Waals surface area contributed by atoms with Crippen LogP contribution in [0.5, 0.6) is 0 Å². The summed E-state index contributed by atoms with van der Waals surface area (Å²) in [6.45, 7) is 7.26. The average Bonchev–Trinajstić information content (AvgIpc) is 2.20. The Kier molecular flexibility index (Phi) is 6.37. The fourth-order valence-electron chi connectivity index (χ4n) is 2.10. The first-order valence-corrected chi connectivity index (χ1v) is 6.92. The molecule has 0 bridgehead atoms. The molecule has 2 atom stereocenters. The Morgan fingerprint density at radius 2 is 2.21 bits per heavy atom. The topological polar surface area (TPSA) is 12.0 Å². The molecule has 0 aromatic rings. The number of hydrogen-bond acceptors (Lipinski definition) is 2. The minimum Gasteiger partial charge on any atom is -0.313 e. The number of hydrogen-bond donors (Lipinski definition) is 1. The van der Waals surface area contributed by atoms with Gasteiger partial charge in [-0.1, -0.05) is 25.8 Å². The summed E-state index contributed by atoms with van der Waals surface area (Å²) in [5, 5.41) is 3.68. The molecule has 1 fully saturated rings. The molecular weight excluding hydrogens is 190 g/mol. The van der Waals surface area contributed by atoms with Gasteiger partial charge in [0.05, 0.1) is 0 Å². The standard InChI is InChI=1S/C12H23NS/c1-3-9-14-10-8-13-12-7-5-4-6-11(12)2/h3,11-13H,1,4-10H2,2H3. The Morgan fingerprint density at radius 3 is 2.93 bits per heavy atom. The van der Waals surface area contributed by atoms with Crippen molar-refractivity contribution < 1.29 is 0 Å². The van der Waals surface area contributed by atoms with E-state index in [4.69, 9.17) is 0 Å². The molecule has 0 radical (unpaired) electrons. The Balaban J connectivity index is 2.01. The van der Waals surface area contributed by atoms with Crippen molar-refractivity contribution in [3.63, 3.8) is 0 Å². The van der Waals surface area contributed by atoms with Crippen molar-refractivity contribution >= 4 is 11.8 Å². The molecule has 82 valence electrons. The van der Waals surface area contributed by atoms with Crippen LogP contribution in [-0.4, -0.2) is 24.1 Å². The van der Waals surface area contributed by atoms with E-state index in [0.717, 1.165) is 24.3 Å². The summed E-state index contributed by atoms with van der Waals surface area (Å²) in [6.07, 6.45) is 7.63. The highest BCUT2D eigenvalue weighted by Crippen LogP contribution is 2.23. The van der Waals surface area contributed by atoms with Gasteiger partial charge >= 0.3 is 0 Å². The maximum atomic E-state index is 3.72. The van der Waals surface area contributed by atoms with Crippen LogP contribution in [0.15, 0.2) is 12.7 Å². The van der Waals surface area contributed by atoms with Gasteiger partial charge in [-0.05, 0) is 18.8 Å². The number of nitrogens with one attached hydrogen (secondary N) is 1. The molecular formula is C12H23NS. The third-order valence-electron chi connectivity index (χ3n) is 3.00. The van der Waals surface area contributed by atoms with Crippen LogP contribution >= 0.6 is 11.8 Å². The Morgan fingerprint density at radius 1 is 1.43 bits per heavy atom. The fraction of sp³-hybridized carbons (Fsp3) is 0.833. The van der Waals surface area contributed by atoms with E-state index in [0.29, 0.717) is 0 Å². The normalized spacial score (nSPS) is 27.5. The first-order chi connectivity index (χ1) is 6.84. The van der Waals surface area contributed by atoms with Crippen molar-refractivity contribution in [3.8, 4) is 0 Å². The number of rotatable bonds is 6. The molecule has 1 nitrogen and oxygen atoms in total. The van der Waals surface area contributed by atoms with Crippen molar-refractivity contribution in [2.24, 2.45) is 5.92 Å². The van der Waals surface area contributed by atoms with E-state index in [-0.39, 0.29) is 0 Å². The summed E-state index contributed by atoms with van der Waals surface area (Å²) < 4.78 is 0. The van der Waals surface area contributed by atoms with Crippen LogP contribution in [-0.2, 0) is 0 Å². The monoisotopic (exact) mass is 213 g/mol. The molecule has 0 aromatic heterocycles. The lowest BCUT2D eigenvalue weighted by molar-refractivity contribution is 0.285. The Labute approximate surface area is 92.7 Å². The Hall–Kier alpha value is 0.0500. The van der Waals surface area contributed by atoms with Gasteiger partial charge in [-0.15, -0.1) is 6.58 Å². The second-order valence-corrected chi connectivity index (χ2v) is 5.34. The van der Waals surface area contributed by atoms with Gasteiger partial charge in [-0.3, -0.25) is 0 Å². The fourth-order valence-corrected chi connectivity index (χ4v) is 2.70. The van der Waals surface area contributed by atoms with Gasteiger partial charge in [-0.25, -0.2) is 0 Å². The molecule has 0 heterocycles. The van der Waals surface area contributed by atoms with Gasteiger partial charge in [-0.2, -0.15) is 11.8 Å². The SMILES string of the molecule is C=CCSCCNC1CCCCC1C. The molecule has 2 heteroatoms. The van der Waals surface area contributed by atoms with E-state index < -0.39 is 0 Å². The molecule has 0 aromatic carbocycles. The highest BCUT2D eigenvalue weighted by atomic mass is 32.2. The van der Waals surface area contributed by atoms with Crippen LogP contribution < -0.4 is 5.32 Å². The molecule has 0 aliphatic heterocycles. The summed E-state index contributed by atoms with van der Waals surface area (Å²) >= 11 is 1.96. The van der Waals surface area contributed by atoms with Gasteiger partial charge in [0.2, 0.25) is 0 Å². The molecule has 1 aliphatic rings. The van der Waals surface area contributed by atoms with Gasteiger partial charge in [0.25, 0.3) is 0 Å². The van der Waals surface area contributed by atoms with Crippen LogP contribution in [0, 0.1) is 5.92 Å². The van der Waals surface area contributed by atoms with Gasteiger partial charge in [0.15, 0.2) is 0 Å². The minimum absolute atomic E-state index is 0.785. The van der Waals surface area contributed by atoms with Gasteiger partial charge in [0.1, 0.15) is 0 Å². The molecule has 14 heavy (non-hydrogen) atoms. The van der Waals surface area contributed by atoms with Crippen molar-refractivity contribution in [2.45, 2.75) is 38.6 Å². The number of thioether (sulfide) groups is 1. The molecule has 1 rings (SSSR count). The molecule has 1 saturated carbocycles.